The largest absolute Gasteiger partial charge is 0.379 e. The summed E-state index contributed by atoms with van der Waals surface area (Å²) in [6.07, 6.45) is 6.34. The van der Waals surface area contributed by atoms with Crippen molar-refractivity contribution in [2.45, 2.75) is 13.3 Å². The molecule has 0 bridgehead atoms. The van der Waals surface area contributed by atoms with Gasteiger partial charge in [0.2, 0.25) is 0 Å². The number of urea groups is 1. The van der Waals surface area contributed by atoms with Gasteiger partial charge in [-0.15, -0.1) is 6.42 Å². The molecule has 1 aromatic rings. The lowest BCUT2D eigenvalue weighted by atomic mass is 10.2. The smallest absolute Gasteiger partial charge is 0.319 e. The Bertz CT molecular complexity index is 560. The van der Waals surface area contributed by atoms with E-state index < -0.39 is 0 Å². The summed E-state index contributed by atoms with van der Waals surface area (Å²) in [4.78, 5) is 11.8. The predicted octanol–water partition coefficient (Wildman–Crippen LogP) is 2.27. The normalized spacial score (nSPS) is 10.4. The van der Waals surface area contributed by atoms with Gasteiger partial charge in [0.1, 0.15) is 0 Å². The summed E-state index contributed by atoms with van der Waals surface area (Å²) in [6.45, 7) is 6.87. The first-order chi connectivity index (χ1) is 13.3. The molecule has 0 aliphatic carbocycles. The number of terminal acetylenes is 1. The maximum absolute atomic E-state index is 11.8. The van der Waals surface area contributed by atoms with Crippen LogP contribution in [0.25, 0.3) is 0 Å². The van der Waals surface area contributed by atoms with Crippen LogP contribution in [0.4, 0.5) is 10.5 Å². The minimum atomic E-state index is -0.302. The van der Waals surface area contributed by atoms with E-state index in [9.17, 15) is 4.79 Å². The van der Waals surface area contributed by atoms with Crippen molar-refractivity contribution in [2.24, 2.45) is 0 Å². The number of anilines is 1. The van der Waals surface area contributed by atoms with E-state index in [1.54, 1.807) is 24.3 Å². The van der Waals surface area contributed by atoms with E-state index in [-0.39, 0.29) is 6.03 Å². The molecular weight excluding hydrogens is 348 g/mol. The molecule has 2 amide bonds. The third-order valence-electron chi connectivity index (χ3n) is 3.28. The van der Waals surface area contributed by atoms with Crippen molar-refractivity contribution in [1.29, 1.82) is 0 Å². The Balaban J connectivity index is 1.88. The quantitative estimate of drug-likeness (QED) is 0.362. The van der Waals surface area contributed by atoms with Crippen LogP contribution < -0.4 is 10.6 Å². The fraction of sp³-hybridized carbons (Fsp3) is 0.550. The summed E-state index contributed by atoms with van der Waals surface area (Å²) in [7, 11) is 0. The molecule has 1 aromatic carbocycles. The van der Waals surface area contributed by atoms with E-state index in [1.807, 2.05) is 0 Å². The van der Waals surface area contributed by atoms with Crippen LogP contribution in [-0.4, -0.2) is 65.4 Å². The number of nitrogens with one attached hydrogen (secondary N) is 2. The van der Waals surface area contributed by atoms with E-state index in [0.717, 1.165) is 13.0 Å². The van der Waals surface area contributed by atoms with Crippen molar-refractivity contribution >= 4 is 11.7 Å². The second-order valence-electron chi connectivity index (χ2n) is 5.56. The van der Waals surface area contributed by atoms with E-state index in [0.29, 0.717) is 64.0 Å². The van der Waals surface area contributed by atoms with Crippen molar-refractivity contribution in [2.75, 3.05) is 64.7 Å². The van der Waals surface area contributed by atoms with Crippen LogP contribution in [-0.2, 0) is 18.9 Å². The summed E-state index contributed by atoms with van der Waals surface area (Å²) in [5.74, 6) is 2.52. The highest BCUT2D eigenvalue weighted by molar-refractivity contribution is 5.89. The van der Waals surface area contributed by atoms with Crippen LogP contribution in [0.1, 0.15) is 18.9 Å². The fourth-order valence-corrected chi connectivity index (χ4v) is 2.00. The fourth-order valence-electron chi connectivity index (χ4n) is 2.00. The lowest BCUT2D eigenvalue weighted by Crippen LogP contribution is -2.31. The highest BCUT2D eigenvalue weighted by atomic mass is 16.6. The van der Waals surface area contributed by atoms with Crippen LogP contribution >= 0.6 is 0 Å². The number of carbonyl (C=O) groups excluding carboxylic acids is 1. The monoisotopic (exact) mass is 378 g/mol. The lowest BCUT2D eigenvalue weighted by Gasteiger charge is -2.09. The predicted molar refractivity (Wildman–Crippen MR) is 105 cm³/mol. The Kier molecular flexibility index (Phi) is 13.7. The minimum absolute atomic E-state index is 0.302. The molecule has 0 aromatic heterocycles. The Morgan fingerprint density at radius 1 is 0.963 bits per heavy atom. The molecule has 0 aliphatic heterocycles. The second kappa shape index (κ2) is 16.1. The lowest BCUT2D eigenvalue weighted by molar-refractivity contribution is -0.00120. The third-order valence-corrected chi connectivity index (χ3v) is 3.28. The summed E-state index contributed by atoms with van der Waals surface area (Å²) in [6, 6.07) is 6.79. The molecule has 0 atom stereocenters. The summed E-state index contributed by atoms with van der Waals surface area (Å²) in [5, 5.41) is 5.42. The number of amides is 2. The second-order valence-corrected chi connectivity index (χ2v) is 5.56. The molecule has 1 rings (SSSR count). The van der Waals surface area contributed by atoms with E-state index >= 15 is 0 Å². The van der Waals surface area contributed by atoms with Crippen molar-refractivity contribution in [3.05, 3.63) is 29.8 Å². The van der Waals surface area contributed by atoms with Gasteiger partial charge in [0.25, 0.3) is 0 Å². The van der Waals surface area contributed by atoms with Gasteiger partial charge in [-0.2, -0.15) is 0 Å². The molecule has 7 heteroatoms. The molecule has 0 fully saturated rings. The summed E-state index contributed by atoms with van der Waals surface area (Å²) in [5.41, 5.74) is 1.36. The zero-order valence-electron chi connectivity index (χ0n) is 16.0. The summed E-state index contributed by atoms with van der Waals surface area (Å²) >= 11 is 0. The maximum Gasteiger partial charge on any atom is 0.319 e. The Morgan fingerprint density at radius 2 is 1.56 bits per heavy atom. The number of benzene rings is 1. The maximum atomic E-state index is 11.8. The third kappa shape index (κ3) is 12.8. The molecule has 0 unspecified atom stereocenters. The molecule has 2 N–H and O–H groups in total. The van der Waals surface area contributed by atoms with Crippen LogP contribution in [0.15, 0.2) is 24.3 Å². The number of hydrogen-bond donors (Lipinski definition) is 2. The molecule has 0 spiro atoms. The first-order valence-electron chi connectivity index (χ1n) is 9.18. The van der Waals surface area contributed by atoms with E-state index in [1.165, 1.54) is 0 Å². The first kappa shape index (κ1) is 22.9. The molecule has 0 heterocycles. The zero-order chi connectivity index (χ0) is 19.6. The van der Waals surface area contributed by atoms with Gasteiger partial charge >= 0.3 is 6.03 Å². The van der Waals surface area contributed by atoms with Gasteiger partial charge in [-0.05, 0) is 24.6 Å². The highest BCUT2D eigenvalue weighted by Gasteiger charge is 2.01. The van der Waals surface area contributed by atoms with Crippen LogP contribution in [0.3, 0.4) is 0 Å². The van der Waals surface area contributed by atoms with Crippen molar-refractivity contribution in [1.82, 2.24) is 5.32 Å². The van der Waals surface area contributed by atoms with Gasteiger partial charge in [0.15, 0.2) is 0 Å². The first-order valence-corrected chi connectivity index (χ1v) is 9.18. The van der Waals surface area contributed by atoms with Crippen LogP contribution in [0, 0.1) is 12.3 Å². The van der Waals surface area contributed by atoms with Crippen molar-refractivity contribution < 1.29 is 23.7 Å². The topological polar surface area (TPSA) is 78.1 Å². The molecule has 7 nitrogen and oxygen atoms in total. The molecule has 0 saturated carbocycles. The van der Waals surface area contributed by atoms with E-state index in [4.69, 9.17) is 25.4 Å². The van der Waals surface area contributed by atoms with Crippen molar-refractivity contribution in [3.8, 4) is 12.3 Å². The minimum Gasteiger partial charge on any atom is -0.379 e. The van der Waals surface area contributed by atoms with Gasteiger partial charge in [-0.1, -0.05) is 18.9 Å². The molecule has 27 heavy (non-hydrogen) atoms. The Morgan fingerprint density at radius 3 is 2.15 bits per heavy atom. The van der Waals surface area contributed by atoms with E-state index in [2.05, 4.69) is 23.5 Å². The number of hydrogen-bond acceptors (Lipinski definition) is 5. The molecule has 0 aliphatic rings. The standard InChI is InChI=1S/C20H30N2O5/c1-3-9-24-11-13-26-15-16-27-14-12-25-10-8-21-20(23)22-19-7-5-6-18(4-2)17-19/h2,5-7,17H,3,8-16H2,1H3,(H2,21,22,23). The van der Waals surface area contributed by atoms with Gasteiger partial charge in [-0.3, -0.25) is 0 Å². The molecule has 0 saturated heterocycles. The average Bonchev–Trinajstić information content (AvgIpc) is 2.68. The zero-order valence-corrected chi connectivity index (χ0v) is 16.0. The van der Waals surface area contributed by atoms with Gasteiger partial charge in [0, 0.05) is 24.4 Å². The van der Waals surface area contributed by atoms with Gasteiger partial charge in [0.05, 0.1) is 46.2 Å². The number of carbonyl (C=O) groups is 1. The molecule has 0 radical (unpaired) electrons. The summed E-state index contributed by atoms with van der Waals surface area (Å²) < 4.78 is 21.4. The average molecular weight is 378 g/mol. The Hall–Kier alpha value is -2.11. The van der Waals surface area contributed by atoms with Crippen molar-refractivity contribution in [3.63, 3.8) is 0 Å². The number of rotatable bonds is 15. The molecular formula is C20H30N2O5. The van der Waals surface area contributed by atoms with Crippen LogP contribution in [0.5, 0.6) is 0 Å². The number of ether oxygens (including phenoxy) is 4. The van der Waals surface area contributed by atoms with Crippen LogP contribution in [0.2, 0.25) is 0 Å². The van der Waals surface area contributed by atoms with Gasteiger partial charge in [-0.25, -0.2) is 4.79 Å². The molecule has 150 valence electrons. The Labute approximate surface area is 161 Å². The van der Waals surface area contributed by atoms with Gasteiger partial charge < -0.3 is 29.6 Å². The SMILES string of the molecule is C#Cc1cccc(NC(=O)NCCOCCOCCOCCOCCC)c1. The highest BCUT2D eigenvalue weighted by Crippen LogP contribution is 2.09.